The van der Waals surface area contributed by atoms with Crippen molar-refractivity contribution in [2.75, 3.05) is 20.2 Å². The van der Waals surface area contributed by atoms with Gasteiger partial charge in [0.05, 0.1) is 13.3 Å². The Morgan fingerprint density at radius 3 is 3.05 bits per heavy atom. The van der Waals surface area contributed by atoms with Crippen molar-refractivity contribution >= 4 is 11.6 Å². The van der Waals surface area contributed by atoms with Crippen LogP contribution in [-0.4, -0.2) is 40.5 Å². The van der Waals surface area contributed by atoms with E-state index < -0.39 is 11.9 Å². The Bertz CT molecular complexity index is 698. The van der Waals surface area contributed by atoms with Crippen LogP contribution in [0.15, 0.2) is 18.5 Å². The summed E-state index contributed by atoms with van der Waals surface area (Å²) in [6.07, 6.45) is 5.56. The maximum Gasteiger partial charge on any atom is 0.341 e. The second kappa shape index (κ2) is 6.04. The topological polar surface area (TPSA) is 46.8 Å². The van der Waals surface area contributed by atoms with Crippen LogP contribution in [-0.2, 0) is 11.3 Å². The molecule has 118 valence electrons. The number of hydrogen-bond donors (Lipinski definition) is 0. The normalized spacial score (nSPS) is 19.5. The van der Waals surface area contributed by atoms with Crippen molar-refractivity contribution in [3.63, 3.8) is 0 Å². The summed E-state index contributed by atoms with van der Waals surface area (Å²) < 4.78 is 19.8. The van der Waals surface area contributed by atoms with Crippen molar-refractivity contribution < 1.29 is 13.9 Å². The molecule has 0 aliphatic carbocycles. The lowest BCUT2D eigenvalue weighted by Gasteiger charge is -2.30. The molecule has 1 aliphatic heterocycles. The summed E-state index contributed by atoms with van der Waals surface area (Å²) in [5.41, 5.74) is 1.55. The van der Waals surface area contributed by atoms with E-state index in [-0.39, 0.29) is 0 Å². The minimum absolute atomic E-state index is 0.292. The molecule has 5 nitrogen and oxygen atoms in total. The van der Waals surface area contributed by atoms with Gasteiger partial charge in [0.1, 0.15) is 5.56 Å². The van der Waals surface area contributed by atoms with Gasteiger partial charge in [-0.05, 0) is 36.9 Å². The fraction of sp³-hybridized carbons (Fsp3) is 0.500. The number of aromatic nitrogens is 2. The lowest BCUT2D eigenvalue weighted by molar-refractivity contribution is 0.0602. The summed E-state index contributed by atoms with van der Waals surface area (Å²) in [5, 5.41) is 0. The van der Waals surface area contributed by atoms with E-state index in [4.69, 9.17) is 4.74 Å². The standard InChI is InChI=1S/C16H20FN3O2/c1-11-4-3-5-19(7-11)8-12-6-13(16(21)22-2)15-18-14(17)10-20(15)9-12/h6,9-11H,3-5,7-8H2,1-2H3/t11-/m0/s1. The molecule has 0 unspecified atom stereocenters. The summed E-state index contributed by atoms with van der Waals surface area (Å²) in [6, 6.07) is 1.76. The molecule has 0 amide bonds. The summed E-state index contributed by atoms with van der Waals surface area (Å²) in [6.45, 7) is 5.09. The molecule has 22 heavy (non-hydrogen) atoms. The number of halogens is 1. The van der Waals surface area contributed by atoms with Crippen molar-refractivity contribution in [1.82, 2.24) is 14.3 Å². The zero-order valence-corrected chi connectivity index (χ0v) is 12.9. The second-order valence-electron chi connectivity index (χ2n) is 6.03. The molecule has 0 radical (unpaired) electrons. The highest BCUT2D eigenvalue weighted by Crippen LogP contribution is 2.20. The average Bonchev–Trinajstić information content (AvgIpc) is 2.85. The van der Waals surface area contributed by atoms with Gasteiger partial charge in [-0.2, -0.15) is 9.37 Å². The number of imidazole rings is 1. The zero-order valence-electron chi connectivity index (χ0n) is 12.9. The molecule has 0 saturated carbocycles. The number of methoxy groups -OCH3 is 1. The molecule has 3 rings (SSSR count). The SMILES string of the molecule is COC(=O)c1cc(CN2CCC[C@H](C)C2)cn2cc(F)nc12. The van der Waals surface area contributed by atoms with Crippen LogP contribution >= 0.6 is 0 Å². The number of nitrogens with zero attached hydrogens (tertiary/aromatic N) is 3. The average molecular weight is 305 g/mol. The van der Waals surface area contributed by atoms with Crippen LogP contribution in [0.1, 0.15) is 35.7 Å². The van der Waals surface area contributed by atoms with Gasteiger partial charge >= 0.3 is 5.97 Å². The van der Waals surface area contributed by atoms with Gasteiger partial charge in [-0.1, -0.05) is 6.92 Å². The van der Waals surface area contributed by atoms with Crippen molar-refractivity contribution in [2.45, 2.75) is 26.3 Å². The van der Waals surface area contributed by atoms with Crippen LogP contribution in [0.25, 0.3) is 5.65 Å². The molecule has 1 saturated heterocycles. The second-order valence-corrected chi connectivity index (χ2v) is 6.03. The third kappa shape index (κ3) is 2.97. The smallest absolute Gasteiger partial charge is 0.341 e. The number of hydrogen-bond acceptors (Lipinski definition) is 4. The molecule has 2 aromatic rings. The molecular weight excluding hydrogens is 285 g/mol. The van der Waals surface area contributed by atoms with Crippen LogP contribution in [0.4, 0.5) is 4.39 Å². The molecule has 0 bridgehead atoms. The van der Waals surface area contributed by atoms with E-state index in [0.29, 0.717) is 17.1 Å². The summed E-state index contributed by atoms with van der Waals surface area (Å²) in [7, 11) is 1.32. The van der Waals surface area contributed by atoms with Crippen LogP contribution in [0.3, 0.4) is 0 Å². The highest BCUT2D eigenvalue weighted by molar-refractivity contribution is 5.95. The van der Waals surface area contributed by atoms with E-state index in [9.17, 15) is 9.18 Å². The third-order valence-electron chi connectivity index (χ3n) is 4.13. The van der Waals surface area contributed by atoms with Crippen molar-refractivity contribution in [3.05, 3.63) is 35.5 Å². The van der Waals surface area contributed by atoms with Crippen molar-refractivity contribution in [2.24, 2.45) is 5.92 Å². The monoisotopic (exact) mass is 305 g/mol. The van der Waals surface area contributed by atoms with Gasteiger partial charge in [0.2, 0.25) is 5.95 Å². The van der Waals surface area contributed by atoms with Gasteiger partial charge in [-0.15, -0.1) is 0 Å². The highest BCUT2D eigenvalue weighted by atomic mass is 19.1. The number of pyridine rings is 1. The van der Waals surface area contributed by atoms with Crippen LogP contribution < -0.4 is 0 Å². The van der Waals surface area contributed by atoms with Crippen molar-refractivity contribution in [1.29, 1.82) is 0 Å². The van der Waals surface area contributed by atoms with Gasteiger partial charge in [0, 0.05) is 19.3 Å². The van der Waals surface area contributed by atoms with E-state index in [2.05, 4.69) is 16.8 Å². The van der Waals surface area contributed by atoms with Crippen LogP contribution in [0, 0.1) is 11.9 Å². The van der Waals surface area contributed by atoms with E-state index in [0.717, 1.165) is 25.2 Å². The number of fused-ring (bicyclic) bond motifs is 1. The molecule has 6 heteroatoms. The van der Waals surface area contributed by atoms with Crippen molar-refractivity contribution in [3.8, 4) is 0 Å². The predicted octanol–water partition coefficient (Wildman–Crippen LogP) is 2.49. The number of carbonyl (C=O) groups excluding carboxylic acids is 1. The Labute approximate surface area is 128 Å². The molecule has 1 atom stereocenters. The third-order valence-corrected chi connectivity index (χ3v) is 4.13. The largest absolute Gasteiger partial charge is 0.465 e. The quantitative estimate of drug-likeness (QED) is 0.817. The lowest BCUT2D eigenvalue weighted by Crippen LogP contribution is -2.33. The Morgan fingerprint density at radius 2 is 2.32 bits per heavy atom. The Morgan fingerprint density at radius 1 is 1.50 bits per heavy atom. The zero-order chi connectivity index (χ0) is 15.7. The number of rotatable bonds is 3. The molecule has 1 fully saturated rings. The maximum atomic E-state index is 13.4. The molecule has 2 aromatic heterocycles. The van der Waals surface area contributed by atoms with E-state index in [1.165, 1.54) is 26.1 Å². The van der Waals surface area contributed by atoms with Gasteiger partial charge < -0.3 is 9.14 Å². The number of piperidine rings is 1. The Balaban J connectivity index is 1.94. The highest BCUT2D eigenvalue weighted by Gasteiger charge is 2.19. The van der Waals surface area contributed by atoms with E-state index >= 15 is 0 Å². The first-order valence-corrected chi connectivity index (χ1v) is 7.54. The molecule has 1 aliphatic rings. The van der Waals surface area contributed by atoms with Gasteiger partial charge in [0.25, 0.3) is 0 Å². The van der Waals surface area contributed by atoms with E-state index in [1.807, 2.05) is 6.20 Å². The molecule has 0 N–H and O–H groups in total. The summed E-state index contributed by atoms with van der Waals surface area (Å²) >= 11 is 0. The van der Waals surface area contributed by atoms with Crippen LogP contribution in [0.2, 0.25) is 0 Å². The molecular formula is C16H20FN3O2. The first-order chi connectivity index (χ1) is 10.6. The molecule has 0 aromatic carbocycles. The number of ether oxygens (including phenoxy) is 1. The molecule has 3 heterocycles. The van der Waals surface area contributed by atoms with Gasteiger partial charge in [0.15, 0.2) is 5.65 Å². The first-order valence-electron chi connectivity index (χ1n) is 7.54. The fourth-order valence-corrected chi connectivity index (χ4v) is 3.16. The van der Waals surface area contributed by atoms with E-state index in [1.54, 1.807) is 10.5 Å². The number of likely N-dealkylation sites (tertiary alicyclic amines) is 1. The number of esters is 1. The maximum absolute atomic E-state index is 13.4. The fourth-order valence-electron chi connectivity index (χ4n) is 3.16. The molecule has 0 spiro atoms. The first kappa shape index (κ1) is 15.0. The Kier molecular flexibility index (Phi) is 4.11. The van der Waals surface area contributed by atoms with Gasteiger partial charge in [-0.3, -0.25) is 4.90 Å². The van der Waals surface area contributed by atoms with Gasteiger partial charge in [-0.25, -0.2) is 4.79 Å². The summed E-state index contributed by atoms with van der Waals surface area (Å²) in [4.78, 5) is 18.1. The minimum atomic E-state index is -0.603. The Hall–Kier alpha value is -1.95. The van der Waals surface area contributed by atoms with Crippen LogP contribution in [0.5, 0.6) is 0 Å². The minimum Gasteiger partial charge on any atom is -0.465 e. The predicted molar refractivity (Wildman–Crippen MR) is 80.2 cm³/mol. The summed E-state index contributed by atoms with van der Waals surface area (Å²) in [5.74, 6) is -0.415. The lowest BCUT2D eigenvalue weighted by atomic mass is 10.00. The number of carbonyl (C=O) groups is 1.